The van der Waals surface area contributed by atoms with Crippen LogP contribution in [0.2, 0.25) is 0 Å². The lowest BCUT2D eigenvalue weighted by atomic mass is 10.2. The van der Waals surface area contributed by atoms with Crippen molar-refractivity contribution in [1.29, 1.82) is 0 Å². The van der Waals surface area contributed by atoms with Gasteiger partial charge in [0, 0.05) is 23.9 Å². The van der Waals surface area contributed by atoms with E-state index in [2.05, 4.69) is 5.32 Å². The number of ether oxygens (including phenoxy) is 1. The maximum absolute atomic E-state index is 11.8. The van der Waals surface area contributed by atoms with E-state index in [9.17, 15) is 35.1 Å². The topological polar surface area (TPSA) is 168 Å². The molecule has 0 unspecified atom stereocenters. The number of anilines is 1. The Morgan fingerprint density at radius 1 is 0.885 bits per heavy atom. The fourth-order valence-corrected chi connectivity index (χ4v) is 1.89. The summed E-state index contributed by atoms with van der Waals surface area (Å²) < 4.78 is 5.04. The molecule has 0 spiro atoms. The number of nitro benzene ring substituents is 3. The van der Waals surface area contributed by atoms with Crippen LogP contribution >= 0.6 is 0 Å². The Morgan fingerprint density at radius 3 is 2.00 bits per heavy atom. The number of amides is 1. The predicted molar refractivity (Wildman–Crippen MR) is 87.0 cm³/mol. The minimum absolute atomic E-state index is 0.152. The molecule has 2 aromatic carbocycles. The van der Waals surface area contributed by atoms with Gasteiger partial charge in [0.1, 0.15) is 0 Å². The molecule has 0 aliphatic rings. The quantitative estimate of drug-likeness (QED) is 0.578. The standard InChI is InChI=1S/C14H10N4O8/c19-14(15-9-1-3-10(4-2-9)16(20)21)8-26-13-6-5-11(17(22)23)7-12(13)18(24)25/h1-7H,8H2,(H,15,19). The summed E-state index contributed by atoms with van der Waals surface area (Å²) in [5.41, 5.74) is -1.02. The molecule has 0 aliphatic heterocycles. The summed E-state index contributed by atoms with van der Waals surface area (Å²) in [4.78, 5) is 41.7. The largest absolute Gasteiger partial charge is 0.477 e. The molecule has 2 rings (SSSR count). The minimum atomic E-state index is -0.865. The van der Waals surface area contributed by atoms with Crippen LogP contribution in [-0.2, 0) is 4.79 Å². The number of carbonyl (C=O) groups is 1. The highest BCUT2D eigenvalue weighted by Gasteiger charge is 2.21. The molecule has 0 atom stereocenters. The number of nitrogens with one attached hydrogen (secondary N) is 1. The summed E-state index contributed by atoms with van der Waals surface area (Å²) in [5, 5.41) is 34.6. The predicted octanol–water partition coefficient (Wildman–Crippen LogP) is 2.43. The Hall–Kier alpha value is -4.09. The van der Waals surface area contributed by atoms with E-state index < -0.39 is 38.7 Å². The number of carbonyl (C=O) groups excluding carboxylic acids is 1. The van der Waals surface area contributed by atoms with Crippen molar-refractivity contribution in [2.45, 2.75) is 0 Å². The zero-order valence-corrected chi connectivity index (χ0v) is 12.9. The molecule has 0 saturated heterocycles. The first-order valence-corrected chi connectivity index (χ1v) is 6.88. The molecular weight excluding hydrogens is 352 g/mol. The van der Waals surface area contributed by atoms with Crippen LogP contribution in [0.4, 0.5) is 22.7 Å². The van der Waals surface area contributed by atoms with E-state index in [0.29, 0.717) is 0 Å². The smallest absolute Gasteiger partial charge is 0.317 e. The van der Waals surface area contributed by atoms with E-state index in [1.54, 1.807) is 0 Å². The van der Waals surface area contributed by atoms with Crippen LogP contribution in [0.3, 0.4) is 0 Å². The van der Waals surface area contributed by atoms with E-state index in [1.807, 2.05) is 0 Å². The number of benzene rings is 2. The van der Waals surface area contributed by atoms with E-state index >= 15 is 0 Å². The van der Waals surface area contributed by atoms with E-state index in [1.165, 1.54) is 24.3 Å². The highest BCUT2D eigenvalue weighted by Crippen LogP contribution is 2.30. The van der Waals surface area contributed by atoms with Gasteiger partial charge in [-0.3, -0.25) is 35.1 Å². The van der Waals surface area contributed by atoms with Crippen molar-refractivity contribution in [2.75, 3.05) is 11.9 Å². The summed E-state index contributed by atoms with van der Waals surface area (Å²) in [6.07, 6.45) is 0. The van der Waals surface area contributed by atoms with Crippen LogP contribution in [-0.4, -0.2) is 27.3 Å². The lowest BCUT2D eigenvalue weighted by Gasteiger charge is -2.07. The van der Waals surface area contributed by atoms with Crippen molar-refractivity contribution in [1.82, 2.24) is 0 Å². The monoisotopic (exact) mass is 362 g/mol. The summed E-state index contributed by atoms with van der Waals surface area (Å²) in [6.45, 7) is -0.602. The second-order valence-electron chi connectivity index (χ2n) is 4.81. The molecule has 0 aromatic heterocycles. The van der Waals surface area contributed by atoms with Crippen LogP contribution in [0.15, 0.2) is 42.5 Å². The Kier molecular flexibility index (Phi) is 5.37. The molecule has 2 aromatic rings. The number of hydrogen-bond donors (Lipinski definition) is 1. The van der Waals surface area contributed by atoms with Crippen molar-refractivity contribution >= 4 is 28.7 Å². The minimum Gasteiger partial charge on any atom is -0.477 e. The Morgan fingerprint density at radius 2 is 1.46 bits per heavy atom. The van der Waals surface area contributed by atoms with Crippen molar-refractivity contribution in [3.8, 4) is 5.75 Å². The molecule has 12 heteroatoms. The van der Waals surface area contributed by atoms with E-state index in [4.69, 9.17) is 4.74 Å². The molecule has 1 amide bonds. The van der Waals surface area contributed by atoms with Gasteiger partial charge in [0.25, 0.3) is 17.3 Å². The molecule has 0 bridgehead atoms. The summed E-state index contributed by atoms with van der Waals surface area (Å²) in [6, 6.07) is 7.76. The first-order chi connectivity index (χ1) is 12.3. The second kappa shape index (κ2) is 7.65. The van der Waals surface area contributed by atoms with Gasteiger partial charge in [-0.15, -0.1) is 0 Å². The van der Waals surface area contributed by atoms with Gasteiger partial charge in [0.2, 0.25) is 0 Å². The van der Waals surface area contributed by atoms with Crippen molar-refractivity contribution in [2.24, 2.45) is 0 Å². The molecule has 1 N–H and O–H groups in total. The van der Waals surface area contributed by atoms with Crippen LogP contribution in [0.5, 0.6) is 5.75 Å². The number of nitro groups is 3. The number of non-ortho nitro benzene ring substituents is 2. The van der Waals surface area contributed by atoms with Gasteiger partial charge in [0.15, 0.2) is 12.4 Å². The van der Waals surface area contributed by atoms with Gasteiger partial charge in [0.05, 0.1) is 20.8 Å². The molecule has 0 fully saturated rings. The van der Waals surface area contributed by atoms with E-state index in [-0.39, 0.29) is 17.1 Å². The Bertz CT molecular complexity index is 881. The molecule has 26 heavy (non-hydrogen) atoms. The lowest BCUT2D eigenvalue weighted by molar-refractivity contribution is -0.394. The first-order valence-electron chi connectivity index (χ1n) is 6.88. The molecule has 134 valence electrons. The third kappa shape index (κ3) is 4.47. The fourth-order valence-electron chi connectivity index (χ4n) is 1.89. The molecule has 0 radical (unpaired) electrons. The van der Waals surface area contributed by atoms with Gasteiger partial charge in [-0.2, -0.15) is 0 Å². The average Bonchev–Trinajstić information content (AvgIpc) is 2.60. The number of hydrogen-bond acceptors (Lipinski definition) is 8. The summed E-state index contributed by atoms with van der Waals surface area (Å²) >= 11 is 0. The van der Waals surface area contributed by atoms with Gasteiger partial charge in [-0.25, -0.2) is 0 Å². The van der Waals surface area contributed by atoms with Gasteiger partial charge >= 0.3 is 5.69 Å². The van der Waals surface area contributed by atoms with Gasteiger partial charge in [-0.05, 0) is 18.2 Å². The molecule has 0 heterocycles. The van der Waals surface area contributed by atoms with Crippen LogP contribution in [0.25, 0.3) is 0 Å². The maximum atomic E-state index is 11.8. The summed E-state index contributed by atoms with van der Waals surface area (Å²) in [7, 11) is 0. The molecule has 0 aliphatic carbocycles. The first kappa shape index (κ1) is 18.3. The highest BCUT2D eigenvalue weighted by molar-refractivity contribution is 5.92. The highest BCUT2D eigenvalue weighted by atomic mass is 16.6. The van der Waals surface area contributed by atoms with Crippen LogP contribution in [0, 0.1) is 30.3 Å². The zero-order valence-electron chi connectivity index (χ0n) is 12.9. The number of rotatable bonds is 7. The van der Waals surface area contributed by atoms with Crippen LogP contribution in [0.1, 0.15) is 0 Å². The van der Waals surface area contributed by atoms with Crippen LogP contribution < -0.4 is 10.1 Å². The lowest BCUT2D eigenvalue weighted by Crippen LogP contribution is -2.20. The number of nitrogens with zero attached hydrogens (tertiary/aromatic N) is 3. The third-order valence-corrected chi connectivity index (χ3v) is 3.07. The fraction of sp³-hybridized carbons (Fsp3) is 0.0714. The average molecular weight is 362 g/mol. The summed E-state index contributed by atoms with van der Waals surface area (Å²) in [5.74, 6) is -0.981. The molecular formula is C14H10N4O8. The van der Waals surface area contributed by atoms with Gasteiger partial charge < -0.3 is 10.1 Å². The second-order valence-corrected chi connectivity index (χ2v) is 4.81. The molecule has 0 saturated carbocycles. The Labute approximate surface area is 144 Å². The normalized spacial score (nSPS) is 10.0. The molecule has 12 nitrogen and oxygen atoms in total. The van der Waals surface area contributed by atoms with E-state index in [0.717, 1.165) is 18.2 Å². The third-order valence-electron chi connectivity index (χ3n) is 3.07. The van der Waals surface area contributed by atoms with Crippen molar-refractivity contribution in [3.63, 3.8) is 0 Å². The Balaban J connectivity index is 2.03. The van der Waals surface area contributed by atoms with Crippen molar-refractivity contribution < 1.29 is 24.3 Å². The SMILES string of the molecule is O=C(COc1ccc([N+](=O)[O-])cc1[N+](=O)[O-])Nc1ccc([N+](=O)[O-])cc1. The maximum Gasteiger partial charge on any atom is 0.317 e. The zero-order chi connectivity index (χ0) is 19.3. The van der Waals surface area contributed by atoms with Gasteiger partial charge in [-0.1, -0.05) is 0 Å². The van der Waals surface area contributed by atoms with Crippen molar-refractivity contribution in [3.05, 3.63) is 72.8 Å².